The third-order valence-electron chi connectivity index (χ3n) is 4.29. The minimum absolute atomic E-state index is 0.0160. The smallest absolute Gasteiger partial charge is 0.376 e. The van der Waals surface area contributed by atoms with Crippen LogP contribution in [0.25, 0.3) is 0 Å². The molecule has 11 heteroatoms. The predicted molar refractivity (Wildman–Crippen MR) is 92.0 cm³/mol. The lowest BCUT2D eigenvalue weighted by atomic mass is 10.1. The zero-order chi connectivity index (χ0) is 19.8. The fraction of sp³-hybridized carbons (Fsp3) is 0.438. The fourth-order valence-electron chi connectivity index (χ4n) is 2.96. The predicted octanol–water partition coefficient (Wildman–Crippen LogP) is 2.91. The number of halogens is 4. The van der Waals surface area contributed by atoms with Crippen molar-refractivity contribution in [2.75, 3.05) is 13.2 Å². The van der Waals surface area contributed by atoms with Crippen LogP contribution in [0.3, 0.4) is 0 Å². The topological polar surface area (TPSA) is 73.2 Å². The van der Waals surface area contributed by atoms with Crippen LogP contribution in [0.5, 0.6) is 0 Å². The largest absolute Gasteiger partial charge is 0.435 e. The van der Waals surface area contributed by atoms with E-state index in [2.05, 4.69) is 9.82 Å². The van der Waals surface area contributed by atoms with Gasteiger partial charge in [0, 0.05) is 29.2 Å². The molecule has 0 amide bonds. The highest BCUT2D eigenvalue weighted by Gasteiger charge is 2.39. The van der Waals surface area contributed by atoms with E-state index in [0.29, 0.717) is 29.3 Å². The summed E-state index contributed by atoms with van der Waals surface area (Å²) in [7, 11) is -3.85. The lowest BCUT2D eigenvalue weighted by Crippen LogP contribution is -2.29. The van der Waals surface area contributed by atoms with Gasteiger partial charge in [-0.25, -0.2) is 13.1 Å². The molecule has 2 heterocycles. The van der Waals surface area contributed by atoms with Crippen molar-refractivity contribution in [3.8, 4) is 0 Å². The molecule has 0 fully saturated rings. The highest BCUT2D eigenvalue weighted by atomic mass is 35.5. The fourth-order valence-corrected chi connectivity index (χ4v) is 4.48. The van der Waals surface area contributed by atoms with Gasteiger partial charge in [-0.05, 0) is 24.6 Å². The van der Waals surface area contributed by atoms with Crippen LogP contribution >= 0.6 is 11.6 Å². The Kier molecular flexibility index (Phi) is 5.53. The molecule has 0 radical (unpaired) electrons. The van der Waals surface area contributed by atoms with Crippen LogP contribution < -0.4 is 4.72 Å². The van der Waals surface area contributed by atoms with Gasteiger partial charge in [0.2, 0.25) is 10.0 Å². The molecular weight excluding hydrogens is 407 g/mol. The first-order valence-electron chi connectivity index (χ1n) is 8.09. The Morgan fingerprint density at radius 2 is 2.11 bits per heavy atom. The number of ether oxygens (including phenoxy) is 1. The van der Waals surface area contributed by atoms with E-state index >= 15 is 0 Å². The van der Waals surface area contributed by atoms with E-state index < -0.39 is 21.9 Å². The SMILES string of the molecule is Cc1c(Cl)cccc1S(=O)(=O)NCCn1nc(C(F)(F)F)c2c1CCOC2. The molecule has 0 saturated carbocycles. The third-order valence-corrected chi connectivity index (χ3v) is 6.30. The van der Waals surface area contributed by atoms with Gasteiger partial charge in [-0.1, -0.05) is 17.7 Å². The van der Waals surface area contributed by atoms with E-state index in [4.69, 9.17) is 16.3 Å². The maximum Gasteiger partial charge on any atom is 0.435 e. The van der Waals surface area contributed by atoms with Gasteiger partial charge in [0.25, 0.3) is 0 Å². The lowest BCUT2D eigenvalue weighted by molar-refractivity contribution is -0.142. The first-order chi connectivity index (χ1) is 12.6. The molecule has 0 unspecified atom stereocenters. The number of hydrogen-bond donors (Lipinski definition) is 1. The number of aromatic nitrogens is 2. The van der Waals surface area contributed by atoms with E-state index in [-0.39, 0.29) is 30.2 Å². The number of nitrogens with zero attached hydrogens (tertiary/aromatic N) is 2. The van der Waals surface area contributed by atoms with Crippen molar-refractivity contribution >= 4 is 21.6 Å². The van der Waals surface area contributed by atoms with Crippen molar-refractivity contribution in [2.45, 2.75) is 37.6 Å². The average Bonchev–Trinajstić information content (AvgIpc) is 2.96. The summed E-state index contributed by atoms with van der Waals surface area (Å²) in [6.07, 6.45) is -4.30. The third kappa shape index (κ3) is 4.13. The van der Waals surface area contributed by atoms with Gasteiger partial charge in [-0.3, -0.25) is 4.68 Å². The summed E-state index contributed by atoms with van der Waals surface area (Å²) < 4.78 is 73.0. The summed E-state index contributed by atoms with van der Waals surface area (Å²) >= 11 is 5.95. The van der Waals surface area contributed by atoms with E-state index in [0.717, 1.165) is 0 Å². The van der Waals surface area contributed by atoms with Crippen molar-refractivity contribution in [3.63, 3.8) is 0 Å². The van der Waals surface area contributed by atoms with Crippen molar-refractivity contribution in [2.24, 2.45) is 0 Å². The quantitative estimate of drug-likeness (QED) is 0.802. The maximum atomic E-state index is 13.1. The van der Waals surface area contributed by atoms with Crippen LogP contribution in [-0.4, -0.2) is 31.3 Å². The van der Waals surface area contributed by atoms with Crippen LogP contribution in [0.2, 0.25) is 5.02 Å². The van der Waals surface area contributed by atoms with Crippen LogP contribution in [0.15, 0.2) is 23.1 Å². The van der Waals surface area contributed by atoms with Gasteiger partial charge in [-0.15, -0.1) is 0 Å². The van der Waals surface area contributed by atoms with E-state index in [1.165, 1.54) is 16.8 Å². The number of nitrogens with one attached hydrogen (secondary N) is 1. The second kappa shape index (κ2) is 7.42. The molecular formula is C16H17ClF3N3O3S. The second-order valence-corrected chi connectivity index (χ2v) is 8.20. The Balaban J connectivity index is 1.78. The molecule has 0 saturated heterocycles. The Morgan fingerprint density at radius 1 is 1.37 bits per heavy atom. The number of fused-ring (bicyclic) bond motifs is 1. The molecule has 2 aromatic rings. The van der Waals surface area contributed by atoms with Gasteiger partial charge in [-0.2, -0.15) is 18.3 Å². The maximum absolute atomic E-state index is 13.1. The monoisotopic (exact) mass is 423 g/mol. The van der Waals surface area contributed by atoms with E-state index in [1.807, 2.05) is 0 Å². The normalized spacial score (nSPS) is 15.0. The highest BCUT2D eigenvalue weighted by molar-refractivity contribution is 7.89. The standard InChI is InChI=1S/C16H17ClF3N3O3S/c1-10-12(17)3-2-4-14(10)27(24,25)21-6-7-23-13-5-8-26-9-11(13)15(22-23)16(18,19)20/h2-4,21H,5-9H2,1H3. The molecule has 27 heavy (non-hydrogen) atoms. The lowest BCUT2D eigenvalue weighted by Gasteiger charge is -2.16. The van der Waals surface area contributed by atoms with Gasteiger partial charge in [0.05, 0.1) is 24.7 Å². The average molecular weight is 424 g/mol. The van der Waals surface area contributed by atoms with Gasteiger partial charge >= 0.3 is 6.18 Å². The molecule has 0 spiro atoms. The van der Waals surface area contributed by atoms with Crippen LogP contribution in [0.4, 0.5) is 13.2 Å². The molecule has 1 aliphatic heterocycles. The molecule has 1 aromatic heterocycles. The number of sulfonamides is 1. The summed E-state index contributed by atoms with van der Waals surface area (Å²) in [5.74, 6) is 0. The Bertz CT molecular complexity index is 958. The number of hydrogen-bond acceptors (Lipinski definition) is 4. The number of alkyl halides is 3. The number of benzene rings is 1. The Labute approximate surface area is 159 Å². The van der Waals surface area contributed by atoms with Crippen molar-refractivity contribution in [3.05, 3.63) is 45.7 Å². The Morgan fingerprint density at radius 3 is 2.81 bits per heavy atom. The van der Waals surface area contributed by atoms with Gasteiger partial charge < -0.3 is 4.74 Å². The zero-order valence-electron chi connectivity index (χ0n) is 14.3. The van der Waals surface area contributed by atoms with Crippen LogP contribution in [0.1, 0.15) is 22.5 Å². The summed E-state index contributed by atoms with van der Waals surface area (Å²) in [6.45, 7) is 1.58. The molecule has 3 rings (SSSR count). The van der Waals surface area contributed by atoms with Gasteiger partial charge in [0.1, 0.15) is 0 Å². The van der Waals surface area contributed by atoms with E-state index in [1.54, 1.807) is 13.0 Å². The second-order valence-electron chi connectivity index (χ2n) is 6.06. The molecule has 1 aromatic carbocycles. The van der Waals surface area contributed by atoms with Crippen molar-refractivity contribution < 1.29 is 26.3 Å². The molecule has 6 nitrogen and oxygen atoms in total. The Hall–Kier alpha value is -1.62. The zero-order valence-corrected chi connectivity index (χ0v) is 15.9. The van der Waals surface area contributed by atoms with E-state index in [9.17, 15) is 21.6 Å². The van der Waals surface area contributed by atoms with Gasteiger partial charge in [0.15, 0.2) is 5.69 Å². The summed E-state index contributed by atoms with van der Waals surface area (Å²) in [6, 6.07) is 4.51. The molecule has 0 aliphatic carbocycles. The van der Waals surface area contributed by atoms with Crippen molar-refractivity contribution in [1.82, 2.24) is 14.5 Å². The molecule has 1 aliphatic rings. The molecule has 0 bridgehead atoms. The highest BCUT2D eigenvalue weighted by Crippen LogP contribution is 2.34. The van der Waals surface area contributed by atoms with Crippen LogP contribution in [-0.2, 0) is 40.5 Å². The van der Waals surface area contributed by atoms with Crippen molar-refractivity contribution in [1.29, 1.82) is 0 Å². The summed E-state index contributed by atoms with van der Waals surface area (Å²) in [4.78, 5) is 0.0295. The first-order valence-corrected chi connectivity index (χ1v) is 9.95. The summed E-state index contributed by atoms with van der Waals surface area (Å²) in [5, 5.41) is 3.96. The minimum Gasteiger partial charge on any atom is -0.376 e. The minimum atomic E-state index is -4.59. The molecule has 0 atom stereocenters. The first kappa shape index (κ1) is 20.1. The van der Waals surface area contributed by atoms with Crippen LogP contribution in [0, 0.1) is 6.92 Å². The molecule has 148 valence electrons. The number of rotatable bonds is 5. The summed E-state index contributed by atoms with van der Waals surface area (Å²) in [5.41, 5.74) is -0.139. The molecule has 1 N–H and O–H groups in total.